The standard InChI is InChI=1S/C14H13NO4/c1-18-11-5-2-4-10(8-11)9-19-13-7-3-6-12(15-13)14(16)17/h2-8H,9H2,1H3,(H,16,17). The summed E-state index contributed by atoms with van der Waals surface area (Å²) in [6.45, 7) is 0.299. The lowest BCUT2D eigenvalue weighted by atomic mass is 10.2. The van der Waals surface area contributed by atoms with Crippen molar-refractivity contribution in [1.82, 2.24) is 4.98 Å². The highest BCUT2D eigenvalue weighted by Gasteiger charge is 2.06. The molecular formula is C14H13NO4. The molecule has 0 saturated heterocycles. The van der Waals surface area contributed by atoms with Crippen LogP contribution in [-0.4, -0.2) is 23.2 Å². The van der Waals surface area contributed by atoms with Gasteiger partial charge in [-0.1, -0.05) is 18.2 Å². The molecule has 0 amide bonds. The van der Waals surface area contributed by atoms with Gasteiger partial charge in [0.05, 0.1) is 7.11 Å². The number of hydrogen-bond acceptors (Lipinski definition) is 4. The second-order valence-electron chi connectivity index (χ2n) is 3.81. The van der Waals surface area contributed by atoms with Gasteiger partial charge in [-0.2, -0.15) is 0 Å². The van der Waals surface area contributed by atoms with E-state index in [0.717, 1.165) is 11.3 Å². The zero-order chi connectivity index (χ0) is 13.7. The van der Waals surface area contributed by atoms with Gasteiger partial charge < -0.3 is 14.6 Å². The minimum atomic E-state index is -1.08. The molecule has 2 rings (SSSR count). The van der Waals surface area contributed by atoms with Crippen molar-refractivity contribution in [2.24, 2.45) is 0 Å². The van der Waals surface area contributed by atoms with E-state index in [1.54, 1.807) is 19.2 Å². The lowest BCUT2D eigenvalue weighted by Crippen LogP contribution is -2.03. The summed E-state index contributed by atoms with van der Waals surface area (Å²) in [7, 11) is 1.60. The van der Waals surface area contributed by atoms with Gasteiger partial charge in [0.1, 0.15) is 12.4 Å². The molecule has 1 heterocycles. The molecule has 0 unspecified atom stereocenters. The largest absolute Gasteiger partial charge is 0.497 e. The highest BCUT2D eigenvalue weighted by molar-refractivity contribution is 5.85. The van der Waals surface area contributed by atoms with Crippen molar-refractivity contribution in [3.05, 3.63) is 53.7 Å². The van der Waals surface area contributed by atoms with Gasteiger partial charge in [0, 0.05) is 6.07 Å². The minimum Gasteiger partial charge on any atom is -0.497 e. The number of aromatic carboxylic acids is 1. The molecule has 5 heteroatoms. The van der Waals surface area contributed by atoms with Crippen LogP contribution in [0.2, 0.25) is 0 Å². The number of carbonyl (C=O) groups is 1. The molecule has 0 spiro atoms. The number of nitrogens with zero attached hydrogens (tertiary/aromatic N) is 1. The Balaban J connectivity index is 2.05. The molecule has 0 aliphatic rings. The fourth-order valence-corrected chi connectivity index (χ4v) is 1.53. The number of benzene rings is 1. The summed E-state index contributed by atoms with van der Waals surface area (Å²) in [5.41, 5.74) is 0.880. The van der Waals surface area contributed by atoms with Crippen molar-refractivity contribution in [3.63, 3.8) is 0 Å². The maximum atomic E-state index is 10.8. The normalized spacial score (nSPS) is 9.95. The molecule has 0 atom stereocenters. The Hall–Kier alpha value is -2.56. The first-order valence-corrected chi connectivity index (χ1v) is 5.65. The van der Waals surface area contributed by atoms with Crippen LogP contribution in [0.15, 0.2) is 42.5 Å². The van der Waals surface area contributed by atoms with Crippen LogP contribution >= 0.6 is 0 Å². The fraction of sp³-hybridized carbons (Fsp3) is 0.143. The Labute approximate surface area is 110 Å². The number of hydrogen-bond donors (Lipinski definition) is 1. The second kappa shape index (κ2) is 5.86. The van der Waals surface area contributed by atoms with E-state index in [1.807, 2.05) is 24.3 Å². The van der Waals surface area contributed by atoms with E-state index in [1.165, 1.54) is 6.07 Å². The maximum absolute atomic E-state index is 10.8. The summed E-state index contributed by atoms with van der Waals surface area (Å²) in [4.78, 5) is 14.7. The first-order valence-electron chi connectivity index (χ1n) is 5.65. The van der Waals surface area contributed by atoms with Crippen LogP contribution in [0, 0.1) is 0 Å². The van der Waals surface area contributed by atoms with Gasteiger partial charge in [-0.25, -0.2) is 9.78 Å². The predicted octanol–water partition coefficient (Wildman–Crippen LogP) is 2.37. The smallest absolute Gasteiger partial charge is 0.354 e. The Kier molecular flexibility index (Phi) is 3.97. The van der Waals surface area contributed by atoms with E-state index in [2.05, 4.69) is 4.98 Å². The third-order valence-electron chi connectivity index (χ3n) is 2.46. The van der Waals surface area contributed by atoms with E-state index >= 15 is 0 Å². The Morgan fingerprint density at radius 1 is 1.26 bits per heavy atom. The van der Waals surface area contributed by atoms with E-state index in [-0.39, 0.29) is 11.6 Å². The monoisotopic (exact) mass is 259 g/mol. The zero-order valence-corrected chi connectivity index (χ0v) is 10.4. The highest BCUT2D eigenvalue weighted by Crippen LogP contribution is 2.15. The first-order chi connectivity index (χ1) is 9.19. The summed E-state index contributed by atoms with van der Waals surface area (Å²) in [5.74, 6) is -0.0529. The second-order valence-corrected chi connectivity index (χ2v) is 3.81. The topological polar surface area (TPSA) is 68.7 Å². The van der Waals surface area contributed by atoms with Crippen molar-refractivity contribution >= 4 is 5.97 Å². The molecule has 1 aromatic heterocycles. The van der Waals surface area contributed by atoms with Crippen molar-refractivity contribution in [1.29, 1.82) is 0 Å². The Morgan fingerprint density at radius 3 is 2.79 bits per heavy atom. The van der Waals surface area contributed by atoms with Crippen LogP contribution < -0.4 is 9.47 Å². The summed E-state index contributed by atoms with van der Waals surface area (Å²) in [6, 6.07) is 12.1. The van der Waals surface area contributed by atoms with E-state index in [9.17, 15) is 4.79 Å². The van der Waals surface area contributed by atoms with E-state index < -0.39 is 5.97 Å². The number of ether oxygens (including phenoxy) is 2. The van der Waals surface area contributed by atoms with Crippen molar-refractivity contribution in [2.75, 3.05) is 7.11 Å². The summed E-state index contributed by atoms with van der Waals surface area (Å²) in [5, 5.41) is 8.83. The number of pyridine rings is 1. The molecule has 0 radical (unpaired) electrons. The molecule has 2 aromatic rings. The lowest BCUT2D eigenvalue weighted by Gasteiger charge is -2.07. The molecule has 19 heavy (non-hydrogen) atoms. The molecular weight excluding hydrogens is 246 g/mol. The number of carboxylic acid groups (broad SMARTS) is 1. The van der Waals surface area contributed by atoms with Gasteiger partial charge in [0.2, 0.25) is 5.88 Å². The molecule has 0 aliphatic heterocycles. The number of rotatable bonds is 5. The maximum Gasteiger partial charge on any atom is 0.354 e. The third-order valence-corrected chi connectivity index (χ3v) is 2.46. The van der Waals surface area contributed by atoms with Crippen LogP contribution in [0.25, 0.3) is 0 Å². The average Bonchev–Trinajstić information content (AvgIpc) is 2.45. The van der Waals surface area contributed by atoms with Gasteiger partial charge in [-0.3, -0.25) is 0 Å². The van der Waals surface area contributed by atoms with E-state index in [0.29, 0.717) is 6.61 Å². The number of carboxylic acids is 1. The van der Waals surface area contributed by atoms with Crippen LogP contribution in [0.3, 0.4) is 0 Å². The number of methoxy groups -OCH3 is 1. The number of aromatic nitrogens is 1. The Morgan fingerprint density at radius 2 is 2.05 bits per heavy atom. The molecule has 0 bridgehead atoms. The molecule has 1 N–H and O–H groups in total. The van der Waals surface area contributed by atoms with Gasteiger partial charge in [-0.15, -0.1) is 0 Å². The van der Waals surface area contributed by atoms with Gasteiger partial charge in [0.25, 0.3) is 0 Å². The lowest BCUT2D eigenvalue weighted by molar-refractivity contribution is 0.0689. The summed E-state index contributed by atoms with van der Waals surface area (Å²) < 4.78 is 10.6. The van der Waals surface area contributed by atoms with Crippen LogP contribution in [0.5, 0.6) is 11.6 Å². The fourth-order valence-electron chi connectivity index (χ4n) is 1.53. The van der Waals surface area contributed by atoms with Crippen molar-refractivity contribution in [2.45, 2.75) is 6.61 Å². The van der Waals surface area contributed by atoms with Gasteiger partial charge in [-0.05, 0) is 23.8 Å². The van der Waals surface area contributed by atoms with Crippen LogP contribution in [0.1, 0.15) is 16.1 Å². The molecule has 98 valence electrons. The predicted molar refractivity (Wildman–Crippen MR) is 68.5 cm³/mol. The molecule has 0 fully saturated rings. The first kappa shape index (κ1) is 12.9. The van der Waals surface area contributed by atoms with Crippen LogP contribution in [-0.2, 0) is 6.61 Å². The van der Waals surface area contributed by atoms with Gasteiger partial charge in [0.15, 0.2) is 5.69 Å². The average molecular weight is 259 g/mol. The summed E-state index contributed by atoms with van der Waals surface area (Å²) >= 11 is 0. The molecule has 5 nitrogen and oxygen atoms in total. The SMILES string of the molecule is COc1cccc(COc2cccc(C(=O)O)n2)c1. The van der Waals surface area contributed by atoms with Crippen molar-refractivity contribution in [3.8, 4) is 11.6 Å². The minimum absolute atomic E-state index is 0.0388. The molecule has 0 aliphatic carbocycles. The van der Waals surface area contributed by atoms with Crippen LogP contribution in [0.4, 0.5) is 0 Å². The Bertz CT molecular complexity index is 583. The van der Waals surface area contributed by atoms with E-state index in [4.69, 9.17) is 14.6 Å². The summed E-state index contributed by atoms with van der Waals surface area (Å²) in [6.07, 6.45) is 0. The zero-order valence-electron chi connectivity index (χ0n) is 10.4. The third kappa shape index (κ3) is 3.45. The highest BCUT2D eigenvalue weighted by atomic mass is 16.5. The quantitative estimate of drug-likeness (QED) is 0.892. The van der Waals surface area contributed by atoms with Crippen molar-refractivity contribution < 1.29 is 19.4 Å². The van der Waals surface area contributed by atoms with Gasteiger partial charge >= 0.3 is 5.97 Å². The molecule has 1 aromatic carbocycles. The molecule has 0 saturated carbocycles.